The van der Waals surface area contributed by atoms with Gasteiger partial charge in [-0.05, 0) is 36.8 Å². The Kier molecular flexibility index (Phi) is 8.03. The number of sulfonamides is 1. The van der Waals surface area contributed by atoms with Crippen LogP contribution >= 0.6 is 23.1 Å². The summed E-state index contributed by atoms with van der Waals surface area (Å²) in [6.07, 6.45) is 1.49. The summed E-state index contributed by atoms with van der Waals surface area (Å²) in [6.45, 7) is 5.66. The van der Waals surface area contributed by atoms with Crippen molar-refractivity contribution < 1.29 is 13.2 Å². The zero-order valence-electron chi connectivity index (χ0n) is 17.0. The number of hydrogen-bond acceptors (Lipinski definition) is 6. The van der Waals surface area contributed by atoms with E-state index < -0.39 is 10.0 Å². The molecule has 0 fully saturated rings. The average Bonchev–Trinajstić information content (AvgIpc) is 3.17. The van der Waals surface area contributed by atoms with E-state index in [1.165, 1.54) is 6.08 Å². The lowest BCUT2D eigenvalue weighted by molar-refractivity contribution is 0.102. The summed E-state index contributed by atoms with van der Waals surface area (Å²) in [5.74, 6) is 0.341. The van der Waals surface area contributed by atoms with E-state index >= 15 is 0 Å². The number of anilines is 1. The van der Waals surface area contributed by atoms with Crippen LogP contribution in [0.15, 0.2) is 71.5 Å². The van der Waals surface area contributed by atoms with Crippen molar-refractivity contribution in [3.05, 3.63) is 88.4 Å². The molecule has 3 rings (SSSR count). The number of thiazole rings is 1. The normalized spacial score (nSPS) is 11.3. The van der Waals surface area contributed by atoms with Crippen LogP contribution in [0.3, 0.4) is 0 Å². The summed E-state index contributed by atoms with van der Waals surface area (Å²) >= 11 is 3.18. The highest BCUT2D eigenvalue weighted by atomic mass is 32.2. The first-order valence-electron chi connectivity index (χ1n) is 9.47. The Morgan fingerprint density at radius 2 is 1.94 bits per heavy atom. The number of rotatable bonds is 10. The maximum absolute atomic E-state index is 12.8. The number of amides is 1. The van der Waals surface area contributed by atoms with Crippen molar-refractivity contribution in [3.63, 3.8) is 0 Å². The number of nitrogens with one attached hydrogen (secondary N) is 2. The molecule has 0 saturated carbocycles. The third kappa shape index (κ3) is 7.03. The number of benzene rings is 2. The summed E-state index contributed by atoms with van der Waals surface area (Å²) < 4.78 is 26.4. The van der Waals surface area contributed by atoms with Crippen LogP contribution in [0.25, 0.3) is 0 Å². The van der Waals surface area contributed by atoms with Crippen LogP contribution in [-0.4, -0.2) is 25.9 Å². The van der Waals surface area contributed by atoms with Gasteiger partial charge in [-0.25, -0.2) is 18.1 Å². The molecule has 0 spiro atoms. The number of aromatic nitrogens is 1. The van der Waals surface area contributed by atoms with Crippen molar-refractivity contribution in [2.75, 3.05) is 11.9 Å². The van der Waals surface area contributed by atoms with Gasteiger partial charge < -0.3 is 5.32 Å². The number of carbonyl (C=O) groups is 1. The summed E-state index contributed by atoms with van der Waals surface area (Å²) in [7, 11) is -3.42. The summed E-state index contributed by atoms with van der Waals surface area (Å²) in [6, 6.07) is 14.2. The van der Waals surface area contributed by atoms with E-state index in [4.69, 9.17) is 0 Å². The maximum Gasteiger partial charge on any atom is 0.256 e. The second-order valence-electron chi connectivity index (χ2n) is 6.69. The molecule has 1 amide bonds. The van der Waals surface area contributed by atoms with Gasteiger partial charge in [0.1, 0.15) is 0 Å². The van der Waals surface area contributed by atoms with Gasteiger partial charge in [0.25, 0.3) is 5.91 Å². The zero-order chi connectivity index (χ0) is 22.3. The molecule has 2 N–H and O–H groups in total. The van der Waals surface area contributed by atoms with Crippen molar-refractivity contribution in [2.45, 2.75) is 23.3 Å². The molecule has 9 heteroatoms. The Bertz CT molecular complexity index is 1160. The Balaban J connectivity index is 1.64. The second kappa shape index (κ2) is 10.7. The molecule has 0 bridgehead atoms. The quantitative estimate of drug-likeness (QED) is 0.332. The van der Waals surface area contributed by atoms with Crippen molar-refractivity contribution in [3.8, 4) is 0 Å². The van der Waals surface area contributed by atoms with Crippen molar-refractivity contribution in [1.82, 2.24) is 9.71 Å². The molecule has 0 aliphatic carbocycles. The highest BCUT2D eigenvalue weighted by Crippen LogP contribution is 2.27. The molecule has 6 nitrogen and oxygen atoms in total. The summed E-state index contributed by atoms with van der Waals surface area (Å²) in [5.41, 5.74) is 2.81. The van der Waals surface area contributed by atoms with Gasteiger partial charge in [0.15, 0.2) is 0 Å². The minimum atomic E-state index is -3.42. The predicted octanol–water partition coefficient (Wildman–Crippen LogP) is 4.60. The Morgan fingerprint density at radius 3 is 2.61 bits per heavy atom. The smallest absolute Gasteiger partial charge is 0.256 e. The van der Waals surface area contributed by atoms with Crippen LogP contribution in [0.4, 0.5) is 5.69 Å². The van der Waals surface area contributed by atoms with Crippen molar-refractivity contribution in [1.29, 1.82) is 0 Å². The molecule has 1 heterocycles. The van der Waals surface area contributed by atoms with Gasteiger partial charge in [-0.15, -0.1) is 29.7 Å². The van der Waals surface area contributed by atoms with Crippen LogP contribution in [0.1, 0.15) is 26.6 Å². The van der Waals surface area contributed by atoms with Crippen molar-refractivity contribution in [2.24, 2.45) is 0 Å². The Hall–Kier alpha value is -2.46. The summed E-state index contributed by atoms with van der Waals surface area (Å²) in [4.78, 5) is 18.2. The largest absolute Gasteiger partial charge is 0.322 e. The van der Waals surface area contributed by atoms with Crippen LogP contribution in [-0.2, 0) is 21.5 Å². The topological polar surface area (TPSA) is 88.2 Å². The predicted molar refractivity (Wildman–Crippen MR) is 128 cm³/mol. The van der Waals surface area contributed by atoms with Gasteiger partial charge in [-0.1, -0.05) is 30.3 Å². The van der Waals surface area contributed by atoms with Crippen molar-refractivity contribution >= 4 is 44.7 Å². The van der Waals surface area contributed by atoms with E-state index in [1.54, 1.807) is 53.4 Å². The zero-order valence-corrected chi connectivity index (χ0v) is 19.4. The Morgan fingerprint density at radius 1 is 1.19 bits per heavy atom. The van der Waals surface area contributed by atoms with E-state index in [0.29, 0.717) is 22.6 Å². The molecule has 31 heavy (non-hydrogen) atoms. The van der Waals surface area contributed by atoms with Gasteiger partial charge in [-0.2, -0.15) is 0 Å². The second-order valence-corrected chi connectivity index (χ2v) is 10.6. The van der Waals surface area contributed by atoms with E-state index in [9.17, 15) is 13.2 Å². The fourth-order valence-corrected chi connectivity index (χ4v) is 5.51. The molecule has 0 aliphatic heterocycles. The van der Waals surface area contributed by atoms with Gasteiger partial charge in [0.2, 0.25) is 10.0 Å². The van der Waals surface area contributed by atoms with E-state index in [2.05, 4.69) is 21.6 Å². The fraction of sp³-hybridized carbons (Fsp3) is 0.182. The molecule has 0 aliphatic rings. The standard InChI is InChI=1S/C22H23N3O3S3/c1-3-12-23-31(27,28)15-17-8-10-18(11-9-17)25-22(26)20-6-4-5-7-21(20)30-14-19-13-29-16(2)24-19/h3-11,13,23H,1,12,14-15H2,2H3,(H,25,26). The first kappa shape index (κ1) is 23.2. The number of carbonyl (C=O) groups excluding carboxylic acids is 1. The number of hydrogen-bond donors (Lipinski definition) is 2. The molecular weight excluding hydrogens is 450 g/mol. The highest BCUT2D eigenvalue weighted by Gasteiger charge is 2.14. The first-order valence-corrected chi connectivity index (χ1v) is 13.0. The molecule has 162 valence electrons. The van der Waals surface area contributed by atoms with Gasteiger partial charge in [0, 0.05) is 28.3 Å². The lowest BCUT2D eigenvalue weighted by Gasteiger charge is -2.10. The van der Waals surface area contributed by atoms with Crippen LogP contribution < -0.4 is 10.0 Å². The molecular formula is C22H23N3O3S3. The number of aryl methyl sites for hydroxylation is 1. The van der Waals surface area contributed by atoms with E-state index in [-0.39, 0.29) is 18.2 Å². The Labute approximate surface area is 190 Å². The highest BCUT2D eigenvalue weighted by molar-refractivity contribution is 7.98. The first-order chi connectivity index (χ1) is 14.9. The van der Waals surface area contributed by atoms with Crippen LogP contribution in [0.5, 0.6) is 0 Å². The molecule has 2 aromatic carbocycles. The molecule has 0 saturated heterocycles. The molecule has 3 aromatic rings. The van der Waals surface area contributed by atoms with Gasteiger partial charge in [0.05, 0.1) is 22.0 Å². The molecule has 0 radical (unpaired) electrons. The third-order valence-electron chi connectivity index (χ3n) is 4.19. The SMILES string of the molecule is C=CCNS(=O)(=O)Cc1ccc(NC(=O)c2ccccc2SCc2csc(C)n2)cc1. The molecule has 0 atom stereocenters. The molecule has 1 aromatic heterocycles. The van der Waals surface area contributed by atoms with Gasteiger partial charge >= 0.3 is 0 Å². The van der Waals surface area contributed by atoms with E-state index in [0.717, 1.165) is 15.6 Å². The van der Waals surface area contributed by atoms with Gasteiger partial charge in [-0.3, -0.25) is 4.79 Å². The average molecular weight is 474 g/mol. The van der Waals surface area contributed by atoms with Crippen LogP contribution in [0, 0.1) is 6.92 Å². The molecule has 0 unspecified atom stereocenters. The minimum absolute atomic E-state index is 0.134. The number of nitrogens with zero attached hydrogens (tertiary/aromatic N) is 1. The van der Waals surface area contributed by atoms with E-state index in [1.807, 2.05) is 30.5 Å². The summed E-state index contributed by atoms with van der Waals surface area (Å²) in [5, 5.41) is 5.93. The third-order valence-corrected chi connectivity index (χ3v) is 7.44. The maximum atomic E-state index is 12.8. The lowest BCUT2D eigenvalue weighted by atomic mass is 10.2. The monoisotopic (exact) mass is 473 g/mol. The van der Waals surface area contributed by atoms with Crippen LogP contribution in [0.2, 0.25) is 0 Å². The fourth-order valence-electron chi connectivity index (χ4n) is 2.75. The number of thioether (sulfide) groups is 1. The lowest BCUT2D eigenvalue weighted by Crippen LogP contribution is -2.25. The minimum Gasteiger partial charge on any atom is -0.322 e.